The van der Waals surface area contributed by atoms with Crippen molar-refractivity contribution >= 4 is 28.0 Å². The van der Waals surface area contributed by atoms with E-state index in [9.17, 15) is 23.1 Å². The van der Waals surface area contributed by atoms with Crippen LogP contribution in [0.5, 0.6) is 0 Å². The van der Waals surface area contributed by atoms with Crippen LogP contribution in [0.1, 0.15) is 22.8 Å². The first-order valence-electron chi connectivity index (χ1n) is 9.26. The number of aliphatic hydroxyl groups excluding tert-OH is 1. The molecule has 0 aliphatic heterocycles. The number of halogens is 3. The second-order valence-electron chi connectivity index (χ2n) is 7.20. The van der Waals surface area contributed by atoms with Crippen LogP contribution in [0.4, 0.5) is 13.2 Å². The van der Waals surface area contributed by atoms with Crippen molar-refractivity contribution in [3.8, 4) is 5.69 Å². The topological polar surface area (TPSA) is 72.1 Å². The Balaban J connectivity index is 1.85. The van der Waals surface area contributed by atoms with Crippen LogP contribution in [0.25, 0.3) is 27.8 Å². The van der Waals surface area contributed by atoms with Crippen molar-refractivity contribution < 1.29 is 23.1 Å². The van der Waals surface area contributed by atoms with Crippen LogP contribution in [0.15, 0.2) is 48.8 Å². The number of alkyl halides is 3. The predicted molar refractivity (Wildman–Crippen MR) is 107 cm³/mol. The van der Waals surface area contributed by atoms with Crippen LogP contribution >= 0.6 is 0 Å². The first-order chi connectivity index (χ1) is 14.2. The third-order valence-corrected chi connectivity index (χ3v) is 4.90. The number of carbonyl (C=O) groups is 1. The third kappa shape index (κ3) is 3.41. The van der Waals surface area contributed by atoms with Gasteiger partial charge in [0, 0.05) is 30.2 Å². The maximum atomic E-state index is 12.9. The van der Waals surface area contributed by atoms with Gasteiger partial charge in [0.15, 0.2) is 5.65 Å². The highest BCUT2D eigenvalue weighted by molar-refractivity contribution is 6.09. The molecule has 2 aromatic heterocycles. The standard InChI is InChI=1S/C21H19F3N4O2/c1-12(29)10-25-20(30)13-3-8-17-16(9-13)18-19(26-11-27(18)2)28(17)15-6-4-14(5-7-15)21(22,23)24/h3-9,11-12,29H,10H2,1-2H3,(H,25,30). The maximum Gasteiger partial charge on any atom is 0.416 e. The third-order valence-electron chi connectivity index (χ3n) is 4.90. The Morgan fingerprint density at radius 1 is 1.20 bits per heavy atom. The number of amides is 1. The van der Waals surface area contributed by atoms with Crippen LogP contribution in [-0.2, 0) is 13.2 Å². The molecular weight excluding hydrogens is 397 g/mol. The summed E-state index contributed by atoms with van der Waals surface area (Å²) in [6.07, 6.45) is -3.46. The molecule has 156 valence electrons. The molecule has 1 amide bonds. The molecule has 1 atom stereocenters. The SMILES string of the molecule is CC(O)CNC(=O)c1ccc2c(c1)c1c(ncn1C)n2-c1ccc(C(F)(F)F)cc1. The minimum absolute atomic E-state index is 0.130. The van der Waals surface area contributed by atoms with E-state index in [4.69, 9.17) is 0 Å². The van der Waals surface area contributed by atoms with E-state index in [0.29, 0.717) is 16.9 Å². The summed E-state index contributed by atoms with van der Waals surface area (Å²) < 4.78 is 42.4. The zero-order valence-electron chi connectivity index (χ0n) is 16.2. The number of rotatable bonds is 4. The number of aliphatic hydroxyl groups is 1. The molecule has 4 rings (SSSR count). The van der Waals surface area contributed by atoms with Gasteiger partial charge in [0.2, 0.25) is 0 Å². The number of imidazole rings is 1. The lowest BCUT2D eigenvalue weighted by Gasteiger charge is -2.10. The van der Waals surface area contributed by atoms with E-state index in [2.05, 4.69) is 10.3 Å². The highest BCUT2D eigenvalue weighted by Crippen LogP contribution is 2.34. The summed E-state index contributed by atoms with van der Waals surface area (Å²) in [4.78, 5) is 16.8. The Bertz CT molecular complexity index is 1240. The molecule has 6 nitrogen and oxygen atoms in total. The molecule has 0 saturated carbocycles. The van der Waals surface area contributed by atoms with E-state index in [1.807, 2.05) is 7.05 Å². The lowest BCUT2D eigenvalue weighted by atomic mass is 10.1. The van der Waals surface area contributed by atoms with Crippen molar-refractivity contribution in [2.75, 3.05) is 6.54 Å². The molecule has 0 aliphatic rings. The first kappa shape index (κ1) is 20.0. The summed E-state index contributed by atoms with van der Waals surface area (Å²) in [5, 5.41) is 12.8. The number of nitrogens with one attached hydrogen (secondary N) is 1. The average Bonchev–Trinajstić information content (AvgIpc) is 3.22. The number of aromatic nitrogens is 3. The molecule has 0 spiro atoms. The summed E-state index contributed by atoms with van der Waals surface area (Å²) >= 11 is 0. The van der Waals surface area contributed by atoms with Crippen molar-refractivity contribution in [3.63, 3.8) is 0 Å². The number of nitrogens with zero attached hydrogens (tertiary/aromatic N) is 3. The van der Waals surface area contributed by atoms with Crippen molar-refractivity contribution in [3.05, 3.63) is 59.9 Å². The number of aryl methyl sites for hydroxylation is 1. The number of hydrogen-bond donors (Lipinski definition) is 2. The van der Waals surface area contributed by atoms with Gasteiger partial charge in [-0.25, -0.2) is 4.98 Å². The Hall–Kier alpha value is -3.33. The number of benzene rings is 2. The van der Waals surface area contributed by atoms with Crippen molar-refractivity contribution in [2.45, 2.75) is 19.2 Å². The monoisotopic (exact) mass is 416 g/mol. The Morgan fingerprint density at radius 3 is 2.53 bits per heavy atom. The van der Waals surface area contributed by atoms with Gasteiger partial charge in [0.1, 0.15) is 0 Å². The van der Waals surface area contributed by atoms with Crippen LogP contribution < -0.4 is 5.32 Å². The van der Waals surface area contributed by atoms with Crippen molar-refractivity contribution in [2.24, 2.45) is 7.05 Å². The highest BCUT2D eigenvalue weighted by atomic mass is 19.4. The molecule has 2 heterocycles. The lowest BCUT2D eigenvalue weighted by Crippen LogP contribution is -2.30. The average molecular weight is 416 g/mol. The van der Waals surface area contributed by atoms with Crippen LogP contribution in [-0.4, -0.2) is 37.8 Å². The van der Waals surface area contributed by atoms with E-state index in [1.165, 1.54) is 12.1 Å². The summed E-state index contributed by atoms with van der Waals surface area (Å²) in [6, 6.07) is 9.98. The first-order valence-corrected chi connectivity index (χ1v) is 9.26. The van der Waals surface area contributed by atoms with E-state index in [-0.39, 0.29) is 12.5 Å². The molecule has 4 aromatic rings. The fourth-order valence-corrected chi connectivity index (χ4v) is 3.47. The molecule has 2 N–H and O–H groups in total. The van der Waals surface area contributed by atoms with E-state index in [1.54, 1.807) is 40.6 Å². The Morgan fingerprint density at radius 2 is 1.90 bits per heavy atom. The highest BCUT2D eigenvalue weighted by Gasteiger charge is 2.30. The van der Waals surface area contributed by atoms with Crippen molar-refractivity contribution in [1.82, 2.24) is 19.4 Å². The van der Waals surface area contributed by atoms with Gasteiger partial charge in [-0.15, -0.1) is 0 Å². The smallest absolute Gasteiger partial charge is 0.392 e. The molecule has 9 heteroatoms. The zero-order valence-corrected chi connectivity index (χ0v) is 16.2. The Kier molecular flexibility index (Phi) is 4.77. The molecule has 1 unspecified atom stereocenters. The summed E-state index contributed by atoms with van der Waals surface area (Å²) in [7, 11) is 1.81. The normalized spacial score (nSPS) is 13.1. The minimum atomic E-state index is -4.41. The molecular formula is C21H19F3N4O2. The van der Waals surface area contributed by atoms with E-state index in [0.717, 1.165) is 28.6 Å². The Labute approximate surface area is 169 Å². The molecule has 0 bridgehead atoms. The zero-order chi connectivity index (χ0) is 21.6. The molecule has 0 saturated heterocycles. The maximum absolute atomic E-state index is 12.9. The predicted octanol–water partition coefficient (Wildman–Crippen LogP) is 3.65. The second kappa shape index (κ2) is 7.17. The fraction of sp³-hybridized carbons (Fsp3) is 0.238. The second-order valence-corrected chi connectivity index (χ2v) is 7.20. The van der Waals surface area contributed by atoms with E-state index >= 15 is 0 Å². The van der Waals surface area contributed by atoms with Gasteiger partial charge >= 0.3 is 6.18 Å². The largest absolute Gasteiger partial charge is 0.416 e. The van der Waals surface area contributed by atoms with Crippen LogP contribution in [0.2, 0.25) is 0 Å². The number of fused-ring (bicyclic) bond motifs is 3. The molecule has 0 fully saturated rings. The van der Waals surface area contributed by atoms with Gasteiger partial charge in [0.05, 0.1) is 29.0 Å². The molecule has 0 radical (unpaired) electrons. The van der Waals surface area contributed by atoms with Gasteiger partial charge in [0.25, 0.3) is 5.91 Å². The van der Waals surface area contributed by atoms with Crippen molar-refractivity contribution in [1.29, 1.82) is 0 Å². The fourth-order valence-electron chi connectivity index (χ4n) is 3.47. The van der Waals surface area contributed by atoms with Gasteiger partial charge < -0.3 is 15.0 Å². The summed E-state index contributed by atoms with van der Waals surface area (Å²) in [5.74, 6) is -0.324. The molecule has 30 heavy (non-hydrogen) atoms. The van der Waals surface area contributed by atoms with Gasteiger partial charge in [-0.1, -0.05) is 0 Å². The van der Waals surface area contributed by atoms with Gasteiger partial charge in [-0.3, -0.25) is 9.36 Å². The molecule has 0 aliphatic carbocycles. The minimum Gasteiger partial charge on any atom is -0.392 e. The number of carbonyl (C=O) groups excluding carboxylic acids is 1. The van der Waals surface area contributed by atoms with E-state index < -0.39 is 17.8 Å². The summed E-state index contributed by atoms with van der Waals surface area (Å²) in [5.41, 5.74) is 2.28. The van der Waals surface area contributed by atoms with Crippen LogP contribution in [0.3, 0.4) is 0 Å². The number of hydrogen-bond acceptors (Lipinski definition) is 3. The molecule has 2 aromatic carbocycles. The summed E-state index contributed by atoms with van der Waals surface area (Å²) in [6.45, 7) is 1.71. The van der Waals surface area contributed by atoms with Gasteiger partial charge in [-0.2, -0.15) is 13.2 Å². The quantitative estimate of drug-likeness (QED) is 0.534. The van der Waals surface area contributed by atoms with Crippen LogP contribution in [0, 0.1) is 0 Å². The lowest BCUT2D eigenvalue weighted by molar-refractivity contribution is -0.137. The van der Waals surface area contributed by atoms with Gasteiger partial charge in [-0.05, 0) is 49.4 Å².